The summed E-state index contributed by atoms with van der Waals surface area (Å²) in [7, 11) is 0. The number of nitrogens with two attached hydrogens (primary N) is 1. The first-order valence-electron chi connectivity index (χ1n) is 4.97. The second-order valence-electron chi connectivity index (χ2n) is 3.35. The largest absolute Gasteiger partial charge is 0.326 e. The van der Waals surface area contributed by atoms with Crippen LogP contribution in [0.25, 0.3) is 0 Å². The minimum atomic E-state index is 0.462. The lowest BCUT2D eigenvalue weighted by atomic mass is 10.2. The molecule has 0 bridgehead atoms. The lowest BCUT2D eigenvalue weighted by molar-refractivity contribution is 1.02. The van der Waals surface area contributed by atoms with Crippen molar-refractivity contribution in [1.29, 1.82) is 0 Å². The second kappa shape index (κ2) is 5.74. The van der Waals surface area contributed by atoms with Gasteiger partial charge in [-0.2, -0.15) is 0 Å². The normalized spacial score (nSPS) is 10.5. The van der Waals surface area contributed by atoms with E-state index in [0.717, 1.165) is 15.5 Å². The van der Waals surface area contributed by atoms with Crippen molar-refractivity contribution >= 4 is 35.0 Å². The van der Waals surface area contributed by atoms with E-state index >= 15 is 0 Å². The summed E-state index contributed by atoms with van der Waals surface area (Å²) in [6.07, 6.45) is 1.71. The van der Waals surface area contributed by atoms with Gasteiger partial charge < -0.3 is 5.73 Å². The number of hydrogen-bond acceptors (Lipinski definition) is 3. The van der Waals surface area contributed by atoms with Crippen LogP contribution in [0, 0.1) is 0 Å². The van der Waals surface area contributed by atoms with Gasteiger partial charge in [0.25, 0.3) is 0 Å². The van der Waals surface area contributed by atoms with Crippen LogP contribution < -0.4 is 5.73 Å². The SMILES string of the molecule is NCc1ccc(Cl)cc1Sc1ncccc1Cl. The smallest absolute Gasteiger partial charge is 0.119 e. The van der Waals surface area contributed by atoms with Gasteiger partial charge in [0.2, 0.25) is 0 Å². The molecule has 2 nitrogen and oxygen atoms in total. The standard InChI is InChI=1S/C12H10Cl2N2S/c13-9-4-3-8(7-15)11(6-9)17-12-10(14)2-1-5-16-12/h1-6H,7,15H2. The maximum Gasteiger partial charge on any atom is 0.119 e. The molecule has 0 aliphatic rings. The van der Waals surface area contributed by atoms with E-state index in [9.17, 15) is 0 Å². The average molecular weight is 285 g/mol. The molecule has 0 atom stereocenters. The Morgan fingerprint density at radius 2 is 2.06 bits per heavy atom. The summed E-state index contributed by atoms with van der Waals surface area (Å²) in [4.78, 5) is 5.21. The van der Waals surface area contributed by atoms with E-state index in [1.807, 2.05) is 24.3 Å². The van der Waals surface area contributed by atoms with Gasteiger partial charge in [0.05, 0.1) is 5.02 Å². The fraction of sp³-hybridized carbons (Fsp3) is 0.0833. The molecule has 2 aromatic rings. The molecule has 0 aliphatic carbocycles. The average Bonchev–Trinajstić information content (AvgIpc) is 2.32. The van der Waals surface area contributed by atoms with Crippen LogP contribution in [0.4, 0.5) is 0 Å². The lowest BCUT2D eigenvalue weighted by Crippen LogP contribution is -1.98. The first kappa shape index (κ1) is 12.7. The molecule has 0 saturated carbocycles. The highest BCUT2D eigenvalue weighted by atomic mass is 35.5. The Kier molecular flexibility index (Phi) is 4.29. The van der Waals surface area contributed by atoms with Crippen molar-refractivity contribution in [2.45, 2.75) is 16.5 Å². The monoisotopic (exact) mass is 284 g/mol. The van der Waals surface area contributed by atoms with Crippen molar-refractivity contribution in [2.75, 3.05) is 0 Å². The van der Waals surface area contributed by atoms with Gasteiger partial charge in [-0.1, -0.05) is 41.0 Å². The van der Waals surface area contributed by atoms with Crippen molar-refractivity contribution in [1.82, 2.24) is 4.98 Å². The Bertz CT molecular complexity index is 532. The van der Waals surface area contributed by atoms with Crippen LogP contribution in [0.1, 0.15) is 5.56 Å². The number of benzene rings is 1. The minimum absolute atomic E-state index is 0.462. The van der Waals surface area contributed by atoms with Gasteiger partial charge >= 0.3 is 0 Å². The summed E-state index contributed by atoms with van der Waals surface area (Å²) in [5, 5.41) is 2.06. The van der Waals surface area contributed by atoms with E-state index in [-0.39, 0.29) is 0 Å². The van der Waals surface area contributed by atoms with Crippen LogP contribution in [0.5, 0.6) is 0 Å². The van der Waals surface area contributed by atoms with Crippen LogP contribution in [-0.4, -0.2) is 4.98 Å². The van der Waals surface area contributed by atoms with Crippen molar-refractivity contribution in [3.63, 3.8) is 0 Å². The fourth-order valence-corrected chi connectivity index (χ4v) is 2.77. The summed E-state index contributed by atoms with van der Waals surface area (Å²) in [6, 6.07) is 9.23. The minimum Gasteiger partial charge on any atom is -0.326 e. The van der Waals surface area contributed by atoms with Crippen molar-refractivity contribution in [3.05, 3.63) is 52.1 Å². The third kappa shape index (κ3) is 3.13. The summed E-state index contributed by atoms with van der Waals surface area (Å²) in [5.41, 5.74) is 6.71. The zero-order valence-electron chi connectivity index (χ0n) is 8.86. The Hall–Kier alpha value is -0.740. The number of aromatic nitrogens is 1. The van der Waals surface area contributed by atoms with Crippen LogP contribution in [0.3, 0.4) is 0 Å². The van der Waals surface area contributed by atoms with E-state index in [0.29, 0.717) is 16.6 Å². The predicted molar refractivity (Wildman–Crippen MR) is 72.7 cm³/mol. The second-order valence-corrected chi connectivity index (χ2v) is 5.22. The van der Waals surface area contributed by atoms with Crippen LogP contribution in [0.2, 0.25) is 10.0 Å². The first-order chi connectivity index (χ1) is 8.20. The molecule has 0 radical (unpaired) electrons. The molecule has 2 rings (SSSR count). The molecule has 0 fully saturated rings. The molecule has 2 N–H and O–H groups in total. The van der Waals surface area contributed by atoms with E-state index in [1.165, 1.54) is 11.8 Å². The Morgan fingerprint density at radius 3 is 2.76 bits per heavy atom. The topological polar surface area (TPSA) is 38.9 Å². The van der Waals surface area contributed by atoms with E-state index < -0.39 is 0 Å². The molecule has 0 aliphatic heterocycles. The van der Waals surface area contributed by atoms with E-state index in [2.05, 4.69) is 4.98 Å². The predicted octanol–water partition coefficient (Wildman–Crippen LogP) is 4.00. The molecule has 1 aromatic heterocycles. The molecular formula is C12H10Cl2N2S. The molecule has 0 unspecified atom stereocenters. The quantitative estimate of drug-likeness (QED) is 0.926. The number of halogens is 2. The number of hydrogen-bond donors (Lipinski definition) is 1. The molecule has 0 spiro atoms. The summed E-state index contributed by atoms with van der Waals surface area (Å²) in [5.74, 6) is 0. The maximum atomic E-state index is 6.06. The molecule has 1 heterocycles. The third-order valence-electron chi connectivity index (χ3n) is 2.18. The van der Waals surface area contributed by atoms with Gasteiger partial charge in [-0.25, -0.2) is 4.98 Å². The van der Waals surface area contributed by atoms with Gasteiger partial charge in [0.15, 0.2) is 0 Å². The van der Waals surface area contributed by atoms with Gasteiger partial charge in [0.1, 0.15) is 5.03 Å². The lowest BCUT2D eigenvalue weighted by Gasteiger charge is -2.08. The Labute approximate surface area is 114 Å². The van der Waals surface area contributed by atoms with E-state index in [1.54, 1.807) is 12.3 Å². The molecule has 1 aromatic carbocycles. The molecule has 0 saturated heterocycles. The number of rotatable bonds is 3. The summed E-state index contributed by atoms with van der Waals surface area (Å²) >= 11 is 13.5. The third-order valence-corrected chi connectivity index (χ3v) is 3.95. The Balaban J connectivity index is 2.35. The van der Waals surface area contributed by atoms with Gasteiger partial charge in [-0.3, -0.25) is 0 Å². The fourth-order valence-electron chi connectivity index (χ4n) is 1.34. The van der Waals surface area contributed by atoms with Crippen LogP contribution in [-0.2, 0) is 6.54 Å². The highest BCUT2D eigenvalue weighted by molar-refractivity contribution is 7.99. The highest BCUT2D eigenvalue weighted by Gasteiger charge is 2.08. The molecule has 5 heteroatoms. The molecular weight excluding hydrogens is 275 g/mol. The number of pyridine rings is 1. The van der Waals surface area contributed by atoms with Crippen molar-refractivity contribution in [2.24, 2.45) is 5.73 Å². The summed E-state index contributed by atoms with van der Waals surface area (Å²) < 4.78 is 0. The molecule has 17 heavy (non-hydrogen) atoms. The van der Waals surface area contributed by atoms with Gasteiger partial charge in [-0.05, 0) is 29.8 Å². The van der Waals surface area contributed by atoms with Crippen LogP contribution in [0.15, 0.2) is 46.5 Å². The van der Waals surface area contributed by atoms with Gasteiger partial charge in [0, 0.05) is 22.7 Å². The Morgan fingerprint density at radius 1 is 1.24 bits per heavy atom. The first-order valence-corrected chi connectivity index (χ1v) is 6.55. The molecule has 88 valence electrons. The van der Waals surface area contributed by atoms with Crippen LogP contribution >= 0.6 is 35.0 Å². The van der Waals surface area contributed by atoms with E-state index in [4.69, 9.17) is 28.9 Å². The maximum absolute atomic E-state index is 6.06. The van der Waals surface area contributed by atoms with Crippen molar-refractivity contribution < 1.29 is 0 Å². The molecule has 0 amide bonds. The highest BCUT2D eigenvalue weighted by Crippen LogP contribution is 2.34. The van der Waals surface area contributed by atoms with Crippen molar-refractivity contribution in [3.8, 4) is 0 Å². The zero-order valence-corrected chi connectivity index (χ0v) is 11.2. The number of nitrogens with zero attached hydrogens (tertiary/aromatic N) is 1. The summed E-state index contributed by atoms with van der Waals surface area (Å²) in [6.45, 7) is 0.462. The van der Waals surface area contributed by atoms with Gasteiger partial charge in [-0.15, -0.1) is 0 Å². The zero-order chi connectivity index (χ0) is 12.3.